The van der Waals surface area contributed by atoms with Gasteiger partial charge >= 0.3 is 0 Å². The average molecular weight is 383 g/mol. The van der Waals surface area contributed by atoms with E-state index in [-0.39, 0.29) is 11.0 Å². The zero-order chi connectivity index (χ0) is 13.3. The fourth-order valence-electron chi connectivity index (χ4n) is 1.69. The van der Waals surface area contributed by atoms with Crippen molar-refractivity contribution in [3.8, 4) is 0 Å². The highest BCUT2D eigenvalue weighted by Crippen LogP contribution is 2.40. The van der Waals surface area contributed by atoms with Gasteiger partial charge in [0.1, 0.15) is 0 Å². The number of halogens is 2. The molecule has 0 aliphatic carbocycles. The van der Waals surface area contributed by atoms with Crippen molar-refractivity contribution in [3.05, 3.63) is 19.2 Å². The van der Waals surface area contributed by atoms with Crippen LogP contribution in [0.25, 0.3) is 0 Å². The summed E-state index contributed by atoms with van der Waals surface area (Å²) in [5.74, 6) is 0. The van der Waals surface area contributed by atoms with Crippen LogP contribution in [0.1, 0.15) is 46.6 Å². The molecular weight excluding hydrogens is 362 g/mol. The van der Waals surface area contributed by atoms with E-state index in [4.69, 9.17) is 0 Å². The Hall–Kier alpha value is 0.620. The first-order valence-electron chi connectivity index (χ1n) is 5.82. The fourth-order valence-corrected chi connectivity index (χ4v) is 5.02. The van der Waals surface area contributed by atoms with Crippen molar-refractivity contribution in [3.63, 3.8) is 0 Å². The molecule has 0 saturated carbocycles. The molecule has 0 aliphatic rings. The lowest BCUT2D eigenvalue weighted by molar-refractivity contribution is 0.379. The van der Waals surface area contributed by atoms with E-state index in [1.54, 1.807) is 11.3 Å². The molecule has 1 rings (SSSR count). The predicted octanol–water partition coefficient (Wildman–Crippen LogP) is 5.33. The van der Waals surface area contributed by atoms with Gasteiger partial charge in [0.25, 0.3) is 0 Å². The van der Waals surface area contributed by atoms with Gasteiger partial charge in [-0.05, 0) is 82.6 Å². The van der Waals surface area contributed by atoms with E-state index in [1.807, 2.05) is 0 Å². The topological polar surface area (TPSA) is 12.0 Å². The molecule has 0 saturated heterocycles. The third kappa shape index (κ3) is 5.01. The van der Waals surface area contributed by atoms with Gasteiger partial charge in [-0.25, -0.2) is 0 Å². The third-order valence-corrected chi connectivity index (χ3v) is 5.13. The Kier molecular flexibility index (Phi) is 5.28. The average Bonchev–Trinajstić information content (AvgIpc) is 2.43. The monoisotopic (exact) mass is 381 g/mol. The molecule has 98 valence electrons. The quantitative estimate of drug-likeness (QED) is 0.741. The van der Waals surface area contributed by atoms with Crippen molar-refractivity contribution >= 4 is 43.2 Å². The first-order valence-corrected chi connectivity index (χ1v) is 8.22. The summed E-state index contributed by atoms with van der Waals surface area (Å²) < 4.78 is 2.43. The van der Waals surface area contributed by atoms with Crippen LogP contribution in [0.3, 0.4) is 0 Å². The minimum atomic E-state index is 0.194. The minimum Gasteiger partial charge on any atom is -0.312 e. The van der Waals surface area contributed by atoms with Crippen molar-refractivity contribution < 1.29 is 0 Å². The molecule has 1 N–H and O–H groups in total. The van der Waals surface area contributed by atoms with Gasteiger partial charge in [0.05, 0.1) is 7.57 Å². The van der Waals surface area contributed by atoms with Crippen LogP contribution in [0.5, 0.6) is 0 Å². The number of rotatable bonds is 4. The van der Waals surface area contributed by atoms with Crippen LogP contribution in [0.4, 0.5) is 0 Å². The normalized spacial score (nSPS) is 13.1. The fraction of sp³-hybridized carbons (Fsp3) is 0.692. The first kappa shape index (κ1) is 15.7. The van der Waals surface area contributed by atoms with Crippen LogP contribution in [-0.2, 0) is 5.41 Å². The van der Waals surface area contributed by atoms with Crippen LogP contribution in [-0.4, -0.2) is 12.1 Å². The lowest BCUT2D eigenvalue weighted by Crippen LogP contribution is -2.38. The van der Waals surface area contributed by atoms with Gasteiger partial charge in [0, 0.05) is 5.54 Å². The molecule has 0 atom stereocenters. The van der Waals surface area contributed by atoms with Gasteiger partial charge in [-0.3, -0.25) is 0 Å². The molecule has 0 fully saturated rings. The van der Waals surface area contributed by atoms with Crippen molar-refractivity contribution in [1.82, 2.24) is 5.32 Å². The summed E-state index contributed by atoms with van der Waals surface area (Å²) in [6, 6.07) is 2.23. The second-order valence-corrected chi connectivity index (χ2v) is 9.80. The molecular formula is C13H21Br2NS. The van der Waals surface area contributed by atoms with Gasteiger partial charge in [-0.1, -0.05) is 13.8 Å². The summed E-state index contributed by atoms with van der Waals surface area (Å²) in [5.41, 5.74) is 1.78. The highest BCUT2D eigenvalue weighted by molar-refractivity contribution is 9.12. The van der Waals surface area contributed by atoms with Crippen LogP contribution in [0, 0.1) is 0 Å². The van der Waals surface area contributed by atoms with Crippen molar-refractivity contribution in [1.29, 1.82) is 0 Å². The standard InChI is InChI=1S/C13H21Br2NS/c1-12(2,3)16-7-6-13(4,5)9-8-10(14)17-11(9)15/h8,16H,6-7H2,1-5H3. The molecule has 1 heterocycles. The predicted molar refractivity (Wildman–Crippen MR) is 85.1 cm³/mol. The van der Waals surface area contributed by atoms with Crippen LogP contribution < -0.4 is 5.32 Å². The van der Waals surface area contributed by atoms with E-state index in [1.165, 1.54) is 13.1 Å². The number of thiophene rings is 1. The third-order valence-electron chi connectivity index (χ3n) is 2.79. The molecule has 1 aromatic rings. The highest BCUT2D eigenvalue weighted by Gasteiger charge is 2.25. The molecule has 4 heteroatoms. The van der Waals surface area contributed by atoms with Gasteiger partial charge in [-0.2, -0.15) is 0 Å². The lowest BCUT2D eigenvalue weighted by atomic mass is 9.83. The Morgan fingerprint density at radius 1 is 1.18 bits per heavy atom. The van der Waals surface area contributed by atoms with Gasteiger partial charge in [-0.15, -0.1) is 11.3 Å². The first-order chi connectivity index (χ1) is 7.62. The zero-order valence-corrected chi connectivity index (χ0v) is 15.1. The zero-order valence-electron chi connectivity index (χ0n) is 11.2. The molecule has 0 radical (unpaired) electrons. The van der Waals surface area contributed by atoms with Gasteiger partial charge < -0.3 is 5.32 Å². The Bertz CT molecular complexity index is 377. The van der Waals surface area contributed by atoms with Gasteiger partial charge in [0.15, 0.2) is 0 Å². The van der Waals surface area contributed by atoms with E-state index in [2.05, 4.69) is 77.9 Å². The molecule has 1 aromatic heterocycles. The molecule has 0 bridgehead atoms. The molecule has 0 amide bonds. The Morgan fingerprint density at radius 3 is 2.18 bits per heavy atom. The van der Waals surface area contributed by atoms with Crippen molar-refractivity contribution in [2.24, 2.45) is 0 Å². The lowest BCUT2D eigenvalue weighted by Gasteiger charge is -2.28. The smallest absolute Gasteiger partial charge is 0.0747 e. The Balaban J connectivity index is 2.66. The van der Waals surface area contributed by atoms with Crippen LogP contribution in [0.15, 0.2) is 13.6 Å². The number of hydrogen-bond donors (Lipinski definition) is 1. The second-order valence-electron chi connectivity index (χ2n) is 6.05. The van der Waals surface area contributed by atoms with E-state index in [9.17, 15) is 0 Å². The summed E-state index contributed by atoms with van der Waals surface area (Å²) >= 11 is 8.95. The number of nitrogens with one attached hydrogen (secondary N) is 1. The van der Waals surface area contributed by atoms with E-state index in [0.29, 0.717) is 0 Å². The number of hydrogen-bond acceptors (Lipinski definition) is 2. The van der Waals surface area contributed by atoms with E-state index >= 15 is 0 Å². The minimum absolute atomic E-state index is 0.194. The summed E-state index contributed by atoms with van der Waals surface area (Å²) in [6.45, 7) is 12.3. The maximum atomic E-state index is 3.65. The molecule has 17 heavy (non-hydrogen) atoms. The van der Waals surface area contributed by atoms with E-state index in [0.717, 1.165) is 13.0 Å². The summed E-state index contributed by atoms with van der Waals surface area (Å²) in [5, 5.41) is 3.55. The Morgan fingerprint density at radius 2 is 1.76 bits per heavy atom. The molecule has 0 unspecified atom stereocenters. The maximum absolute atomic E-state index is 3.65. The van der Waals surface area contributed by atoms with E-state index < -0.39 is 0 Å². The maximum Gasteiger partial charge on any atom is 0.0747 e. The summed E-state index contributed by atoms with van der Waals surface area (Å²) in [4.78, 5) is 0. The Labute approximate surface area is 126 Å². The SMILES string of the molecule is CC(C)(C)NCCC(C)(C)c1cc(Br)sc1Br. The van der Waals surface area contributed by atoms with Crippen molar-refractivity contribution in [2.45, 2.75) is 52.0 Å². The molecule has 1 nitrogen and oxygen atoms in total. The second kappa shape index (κ2) is 5.72. The summed E-state index contributed by atoms with van der Waals surface area (Å²) in [7, 11) is 0. The molecule has 0 aliphatic heterocycles. The van der Waals surface area contributed by atoms with Crippen molar-refractivity contribution in [2.75, 3.05) is 6.54 Å². The van der Waals surface area contributed by atoms with Crippen LogP contribution >= 0.6 is 43.2 Å². The molecule has 0 aromatic carbocycles. The van der Waals surface area contributed by atoms with Gasteiger partial charge in [0.2, 0.25) is 0 Å². The van der Waals surface area contributed by atoms with Crippen LogP contribution in [0.2, 0.25) is 0 Å². The molecule has 0 spiro atoms. The summed E-state index contributed by atoms with van der Waals surface area (Å²) in [6.07, 6.45) is 1.13. The highest BCUT2D eigenvalue weighted by atomic mass is 79.9. The largest absolute Gasteiger partial charge is 0.312 e.